The molecule has 1 aromatic heterocycles. The molecule has 1 N–H and O–H groups in total. The minimum Gasteiger partial charge on any atom is -0.385 e. The molecule has 1 unspecified atom stereocenters. The summed E-state index contributed by atoms with van der Waals surface area (Å²) in [5.74, 6) is -0.611. The molecule has 0 saturated carbocycles. The van der Waals surface area contributed by atoms with Gasteiger partial charge in [0.05, 0.1) is 12.1 Å². The van der Waals surface area contributed by atoms with Crippen LogP contribution in [0.2, 0.25) is 5.28 Å². The topological polar surface area (TPSA) is 80.1 Å². The molecular weight excluding hydrogens is 292 g/mol. The van der Waals surface area contributed by atoms with Crippen LogP contribution in [-0.4, -0.2) is 32.7 Å². The maximum atomic E-state index is 12.2. The Bertz CT molecular complexity index is 686. The van der Waals surface area contributed by atoms with Crippen molar-refractivity contribution in [3.63, 3.8) is 0 Å². The lowest BCUT2D eigenvalue weighted by Crippen LogP contribution is -2.16. The van der Waals surface area contributed by atoms with Crippen LogP contribution in [0.15, 0.2) is 36.5 Å². The number of carbonyl (C=O) groups excluding carboxylic acids is 2. The summed E-state index contributed by atoms with van der Waals surface area (Å²) < 4.78 is 0. The number of hydrogen-bond donors (Lipinski definition) is 1. The summed E-state index contributed by atoms with van der Waals surface area (Å²) >= 11 is 5.67. The number of aliphatic hydroxyl groups excluding tert-OH is 1. The van der Waals surface area contributed by atoms with Crippen LogP contribution in [0.3, 0.4) is 0 Å². The van der Waals surface area contributed by atoms with E-state index in [1.165, 1.54) is 19.2 Å². The van der Waals surface area contributed by atoms with Crippen molar-refractivity contribution in [2.45, 2.75) is 19.4 Å². The van der Waals surface area contributed by atoms with E-state index in [4.69, 9.17) is 11.6 Å². The molecule has 21 heavy (non-hydrogen) atoms. The Morgan fingerprint density at radius 3 is 2.67 bits per heavy atom. The monoisotopic (exact) mass is 304 g/mol. The fourth-order valence-electron chi connectivity index (χ4n) is 1.82. The lowest BCUT2D eigenvalue weighted by molar-refractivity contribution is 0.0779. The Kier molecular flexibility index (Phi) is 4.77. The molecule has 5 nitrogen and oxygen atoms in total. The zero-order valence-electron chi connectivity index (χ0n) is 11.3. The lowest BCUT2D eigenvalue weighted by Gasteiger charge is -2.06. The van der Waals surface area contributed by atoms with Gasteiger partial charge in [0.25, 0.3) is 0 Å². The number of aromatic nitrogens is 2. The fourth-order valence-corrected chi connectivity index (χ4v) is 1.99. The van der Waals surface area contributed by atoms with Gasteiger partial charge in [-0.3, -0.25) is 9.59 Å². The van der Waals surface area contributed by atoms with Crippen molar-refractivity contribution in [3.05, 3.63) is 58.6 Å². The van der Waals surface area contributed by atoms with Crippen LogP contribution in [0.25, 0.3) is 0 Å². The van der Waals surface area contributed by atoms with Gasteiger partial charge in [-0.1, -0.05) is 18.2 Å². The minimum atomic E-state index is -1.10. The van der Waals surface area contributed by atoms with Crippen molar-refractivity contribution >= 4 is 23.2 Å². The van der Waals surface area contributed by atoms with E-state index < -0.39 is 11.9 Å². The summed E-state index contributed by atoms with van der Waals surface area (Å²) in [6, 6.07) is 7.86. The molecule has 2 aromatic rings. The van der Waals surface area contributed by atoms with E-state index in [9.17, 15) is 14.7 Å². The number of benzene rings is 1. The van der Waals surface area contributed by atoms with Gasteiger partial charge in [-0.25, -0.2) is 9.97 Å². The Balaban J connectivity index is 2.20. The van der Waals surface area contributed by atoms with E-state index in [1.54, 1.807) is 24.3 Å². The highest BCUT2D eigenvalue weighted by Crippen LogP contribution is 2.11. The number of Topliss-reactive ketones (excluding diaryl/α,β-unsaturated/α-hetero) is 2. The standard InChI is InChI=1S/C15H13ClN2O3/c1-9(19)14(21)11-4-2-3-10(7-11)13(20)8-12-5-6-17-15(16)18-12/h2-7,9,19H,8H2,1H3. The molecule has 2 rings (SSSR count). The first kappa shape index (κ1) is 15.3. The van der Waals surface area contributed by atoms with Gasteiger partial charge in [0, 0.05) is 17.3 Å². The Hall–Kier alpha value is -2.11. The van der Waals surface area contributed by atoms with Gasteiger partial charge in [-0.15, -0.1) is 0 Å². The van der Waals surface area contributed by atoms with E-state index in [2.05, 4.69) is 9.97 Å². The predicted molar refractivity (Wildman–Crippen MR) is 77.5 cm³/mol. The first-order valence-electron chi connectivity index (χ1n) is 6.30. The van der Waals surface area contributed by atoms with Crippen LogP contribution >= 0.6 is 11.6 Å². The minimum absolute atomic E-state index is 0.0640. The van der Waals surface area contributed by atoms with Crippen LogP contribution in [0, 0.1) is 0 Å². The SMILES string of the molecule is CC(O)C(=O)c1cccc(C(=O)Cc2ccnc(Cl)n2)c1. The van der Waals surface area contributed by atoms with E-state index in [-0.39, 0.29) is 17.5 Å². The molecule has 108 valence electrons. The zero-order valence-corrected chi connectivity index (χ0v) is 12.0. The van der Waals surface area contributed by atoms with Gasteiger partial charge in [-0.2, -0.15) is 0 Å². The second kappa shape index (κ2) is 6.56. The number of halogens is 1. The third kappa shape index (κ3) is 3.93. The van der Waals surface area contributed by atoms with Gasteiger partial charge in [0.1, 0.15) is 6.10 Å². The van der Waals surface area contributed by atoms with Crippen LogP contribution < -0.4 is 0 Å². The maximum absolute atomic E-state index is 12.2. The highest BCUT2D eigenvalue weighted by molar-refractivity contribution is 6.28. The van der Waals surface area contributed by atoms with Gasteiger partial charge in [0.2, 0.25) is 5.28 Å². The molecule has 0 saturated heterocycles. The highest BCUT2D eigenvalue weighted by Gasteiger charge is 2.15. The van der Waals surface area contributed by atoms with Crippen molar-refractivity contribution in [1.29, 1.82) is 0 Å². The molecule has 0 spiro atoms. The van der Waals surface area contributed by atoms with Crippen LogP contribution in [0.4, 0.5) is 0 Å². The van der Waals surface area contributed by atoms with Gasteiger partial charge in [-0.05, 0) is 30.7 Å². The number of aliphatic hydroxyl groups is 1. The summed E-state index contributed by atoms with van der Waals surface area (Å²) in [6.45, 7) is 1.39. The number of ketones is 2. The Morgan fingerprint density at radius 2 is 2.00 bits per heavy atom. The van der Waals surface area contributed by atoms with Crippen molar-refractivity contribution in [1.82, 2.24) is 9.97 Å². The first-order valence-corrected chi connectivity index (χ1v) is 6.68. The summed E-state index contributed by atoms with van der Waals surface area (Å²) in [4.78, 5) is 31.6. The quantitative estimate of drug-likeness (QED) is 0.676. The second-order valence-corrected chi connectivity index (χ2v) is 4.88. The normalized spacial score (nSPS) is 12.0. The third-order valence-corrected chi connectivity index (χ3v) is 3.06. The largest absolute Gasteiger partial charge is 0.385 e. The fraction of sp³-hybridized carbons (Fsp3) is 0.200. The summed E-state index contributed by atoms with van der Waals surface area (Å²) in [7, 11) is 0. The molecular formula is C15H13ClN2O3. The molecule has 1 heterocycles. The highest BCUT2D eigenvalue weighted by atomic mass is 35.5. The van der Waals surface area contributed by atoms with Crippen molar-refractivity contribution in [3.8, 4) is 0 Å². The predicted octanol–water partition coefficient (Wildman–Crippen LogP) is 2.12. The molecule has 0 radical (unpaired) electrons. The summed E-state index contributed by atoms with van der Waals surface area (Å²) in [6.07, 6.45) is 0.441. The van der Waals surface area contributed by atoms with E-state index in [0.717, 1.165) is 0 Å². The molecule has 0 fully saturated rings. The number of rotatable bonds is 5. The van der Waals surface area contributed by atoms with Crippen molar-refractivity contribution < 1.29 is 14.7 Å². The molecule has 0 bridgehead atoms. The average Bonchev–Trinajstić information content (AvgIpc) is 2.46. The molecule has 6 heteroatoms. The third-order valence-electron chi connectivity index (χ3n) is 2.87. The first-order chi connectivity index (χ1) is 9.97. The van der Waals surface area contributed by atoms with E-state index >= 15 is 0 Å². The van der Waals surface area contributed by atoms with Crippen LogP contribution in [0.1, 0.15) is 33.3 Å². The van der Waals surface area contributed by atoms with Gasteiger partial charge >= 0.3 is 0 Å². The van der Waals surface area contributed by atoms with Gasteiger partial charge < -0.3 is 5.11 Å². The molecule has 0 amide bonds. The van der Waals surface area contributed by atoms with Crippen molar-refractivity contribution in [2.24, 2.45) is 0 Å². The zero-order chi connectivity index (χ0) is 15.4. The number of hydrogen-bond acceptors (Lipinski definition) is 5. The smallest absolute Gasteiger partial charge is 0.222 e. The summed E-state index contributed by atoms with van der Waals surface area (Å²) in [5, 5.41) is 9.39. The maximum Gasteiger partial charge on any atom is 0.222 e. The average molecular weight is 305 g/mol. The van der Waals surface area contributed by atoms with E-state index in [1.807, 2.05) is 0 Å². The lowest BCUT2D eigenvalue weighted by atomic mass is 10.0. The number of nitrogens with zero attached hydrogens (tertiary/aromatic N) is 2. The van der Waals surface area contributed by atoms with Crippen molar-refractivity contribution in [2.75, 3.05) is 0 Å². The molecule has 1 atom stereocenters. The second-order valence-electron chi connectivity index (χ2n) is 4.54. The molecule has 0 aliphatic rings. The van der Waals surface area contributed by atoms with Crippen LogP contribution in [0.5, 0.6) is 0 Å². The van der Waals surface area contributed by atoms with Crippen LogP contribution in [-0.2, 0) is 6.42 Å². The van der Waals surface area contributed by atoms with E-state index in [0.29, 0.717) is 16.8 Å². The van der Waals surface area contributed by atoms with Gasteiger partial charge in [0.15, 0.2) is 11.6 Å². The Labute approximate surface area is 126 Å². The Morgan fingerprint density at radius 1 is 1.29 bits per heavy atom. The molecule has 1 aromatic carbocycles. The summed E-state index contributed by atoms with van der Waals surface area (Å²) in [5.41, 5.74) is 1.19. The number of carbonyl (C=O) groups is 2. The molecule has 0 aliphatic carbocycles. The molecule has 0 aliphatic heterocycles.